The molecule has 3 aliphatic rings. The Balaban J connectivity index is 1.05. The number of fused-ring (bicyclic) bond motifs is 2. The summed E-state index contributed by atoms with van der Waals surface area (Å²) in [4.78, 5) is 61.6. The number of halogens is 2. The zero-order chi connectivity index (χ0) is 36.0. The van der Waals surface area contributed by atoms with Gasteiger partial charge in [-0.2, -0.15) is 0 Å². The van der Waals surface area contributed by atoms with E-state index in [0.717, 1.165) is 37.3 Å². The van der Waals surface area contributed by atoms with Gasteiger partial charge in [-0.15, -0.1) is 16.3 Å². The quantitative estimate of drug-likeness (QED) is 0.0754. The molecule has 4 aromatic rings. The van der Waals surface area contributed by atoms with Crippen LogP contribution in [0.25, 0.3) is 5.65 Å². The van der Waals surface area contributed by atoms with E-state index >= 15 is 4.39 Å². The maximum Gasteiger partial charge on any atom is 0.352 e. The summed E-state index contributed by atoms with van der Waals surface area (Å²) in [6.45, 7) is 1.87. The number of nitrogens with one attached hydrogen (secondary N) is 2. The van der Waals surface area contributed by atoms with Crippen LogP contribution >= 0.6 is 34.7 Å². The molecule has 0 unspecified atom stereocenters. The van der Waals surface area contributed by atoms with Gasteiger partial charge in [0.2, 0.25) is 0 Å². The van der Waals surface area contributed by atoms with Crippen molar-refractivity contribution in [1.82, 2.24) is 34.8 Å². The molecule has 0 bridgehead atoms. The summed E-state index contributed by atoms with van der Waals surface area (Å²) in [5, 5.41) is 17.8. The number of oxime groups is 1. The van der Waals surface area contributed by atoms with Gasteiger partial charge in [0.05, 0.1) is 18.8 Å². The molecule has 20 heteroatoms. The van der Waals surface area contributed by atoms with Crippen LogP contribution in [0.4, 0.5) is 9.52 Å². The maximum atomic E-state index is 15.2. The van der Waals surface area contributed by atoms with Crippen molar-refractivity contribution in [1.29, 1.82) is 0 Å². The van der Waals surface area contributed by atoms with Gasteiger partial charge in [-0.05, 0) is 30.5 Å². The Labute approximate surface area is 302 Å². The second kappa shape index (κ2) is 14.0. The number of carbonyl (C=O) groups is 4. The number of nitrogen functional groups attached to an aromatic ring is 1. The number of anilines is 1. The number of carbonyl (C=O) groups excluding carboxylic acids is 3. The first-order chi connectivity index (χ1) is 24.5. The number of amides is 3. The first-order valence-corrected chi connectivity index (χ1v) is 17.9. The predicted octanol–water partition coefficient (Wildman–Crippen LogP) is 1.44. The number of imidazole rings is 1. The maximum absolute atomic E-state index is 15.2. The molecule has 3 aromatic heterocycles. The van der Waals surface area contributed by atoms with E-state index in [-0.39, 0.29) is 56.9 Å². The van der Waals surface area contributed by atoms with Gasteiger partial charge in [-0.1, -0.05) is 34.2 Å². The highest BCUT2D eigenvalue weighted by Gasteiger charge is 2.54. The van der Waals surface area contributed by atoms with Crippen LogP contribution in [-0.4, -0.2) is 96.0 Å². The molecule has 7 rings (SSSR count). The Bertz CT molecular complexity index is 2140. The molecule has 0 aliphatic carbocycles. The van der Waals surface area contributed by atoms with Crippen molar-refractivity contribution in [3.05, 3.63) is 81.1 Å². The van der Waals surface area contributed by atoms with Crippen molar-refractivity contribution in [3.63, 3.8) is 0 Å². The number of nitrogens with two attached hydrogens (primary N) is 1. The Morgan fingerprint density at radius 3 is 2.71 bits per heavy atom. The van der Waals surface area contributed by atoms with E-state index in [4.69, 9.17) is 22.2 Å². The number of hydrogen-bond acceptors (Lipinski definition) is 11. The fourth-order valence-corrected chi connectivity index (χ4v) is 8.56. The van der Waals surface area contributed by atoms with Crippen LogP contribution in [0.3, 0.4) is 0 Å². The molecule has 2 saturated heterocycles. The lowest BCUT2D eigenvalue weighted by Crippen LogP contribution is -2.71. The number of aromatic nitrogens is 4. The monoisotopic (exact) mass is 757 g/mol. The lowest BCUT2D eigenvalue weighted by atomic mass is 10.0. The highest BCUT2D eigenvalue weighted by atomic mass is 35.5. The predicted molar refractivity (Wildman–Crippen MR) is 184 cm³/mol. The van der Waals surface area contributed by atoms with Crippen LogP contribution in [-0.2, 0) is 32.3 Å². The first kappa shape index (κ1) is 34.5. The van der Waals surface area contributed by atoms with Gasteiger partial charge in [0.25, 0.3) is 17.7 Å². The third kappa shape index (κ3) is 6.52. The second-order valence-corrected chi connectivity index (χ2v) is 14.6. The van der Waals surface area contributed by atoms with Crippen molar-refractivity contribution in [2.45, 2.75) is 37.3 Å². The van der Waals surface area contributed by atoms with Crippen molar-refractivity contribution in [2.24, 2.45) is 5.16 Å². The van der Waals surface area contributed by atoms with Crippen LogP contribution in [0.1, 0.15) is 34.5 Å². The number of β-lactam (4-membered cyclic amide) rings is 1. The molecule has 0 spiro atoms. The average molecular weight is 758 g/mol. The first-order valence-electron chi connectivity index (χ1n) is 15.7. The Kier molecular flexibility index (Phi) is 9.44. The van der Waals surface area contributed by atoms with Gasteiger partial charge in [0.15, 0.2) is 17.0 Å². The molecule has 266 valence electrons. The largest absolute Gasteiger partial charge is 0.477 e. The summed E-state index contributed by atoms with van der Waals surface area (Å²) < 4.78 is 20.7. The van der Waals surface area contributed by atoms with Crippen molar-refractivity contribution in [3.8, 4) is 0 Å². The van der Waals surface area contributed by atoms with E-state index in [1.165, 1.54) is 29.8 Å². The molecule has 1 aromatic carbocycles. The molecule has 0 radical (unpaired) electrons. The summed E-state index contributed by atoms with van der Waals surface area (Å²) in [5.41, 5.74) is 9.90. The molecule has 51 heavy (non-hydrogen) atoms. The van der Waals surface area contributed by atoms with Crippen LogP contribution < -0.4 is 21.0 Å². The summed E-state index contributed by atoms with van der Waals surface area (Å²) in [5.74, 6) is -3.26. The standard InChI is InChI=1S/C31H30ClFN10O6S2/c1-49-38-22(21-25(32)51-31(34)36-21)27(45)35-23-28(46)43-24(30(47)48)18(15-50-29(23)43)14-41-9-6-20-39(10-11-42(20)41)13-17-5-4-16(12-19(17)33)26(44)37-40-7-2-3-8-40/h4-6,9-12,23,29H,2-3,7-8,13-15H2,1H3,(H4-,34,35,36,37,44,45,47,48)/p+1/b38-22-/t23-,29-/m1/s1. The Morgan fingerprint density at radius 1 is 1.24 bits per heavy atom. The molecule has 3 amide bonds. The smallest absolute Gasteiger partial charge is 0.352 e. The van der Waals surface area contributed by atoms with Gasteiger partial charge in [0.1, 0.15) is 52.8 Å². The zero-order valence-electron chi connectivity index (χ0n) is 26.9. The van der Waals surface area contributed by atoms with Crippen molar-refractivity contribution < 1.29 is 38.1 Å². The molecule has 2 fully saturated rings. The molecule has 0 saturated carbocycles. The van der Waals surface area contributed by atoms with Crippen LogP contribution in [0.2, 0.25) is 4.34 Å². The normalized spacial score (nSPS) is 19.3. The summed E-state index contributed by atoms with van der Waals surface area (Å²) in [7, 11) is 1.23. The zero-order valence-corrected chi connectivity index (χ0v) is 29.3. The number of aliphatic carboxylic acids is 1. The number of rotatable bonds is 11. The molecule has 2 atom stereocenters. The average Bonchev–Trinajstić information content (AvgIpc) is 3.91. The minimum absolute atomic E-state index is 0.00317. The summed E-state index contributed by atoms with van der Waals surface area (Å²) in [6.07, 6.45) is 7.33. The van der Waals surface area contributed by atoms with Crippen LogP contribution in [0, 0.1) is 5.82 Å². The topological polar surface area (TPSA) is 193 Å². The molecular formula is C31H31ClFN10O6S2+. The number of hydrazine groups is 1. The number of benzene rings is 1. The number of carboxylic acid groups (broad SMARTS) is 1. The van der Waals surface area contributed by atoms with E-state index in [1.807, 2.05) is 15.6 Å². The highest BCUT2D eigenvalue weighted by Crippen LogP contribution is 2.41. The number of thiazole rings is 1. The van der Waals surface area contributed by atoms with Gasteiger partial charge >= 0.3 is 11.6 Å². The minimum atomic E-state index is -1.28. The van der Waals surface area contributed by atoms with E-state index in [2.05, 4.69) is 20.9 Å². The van der Waals surface area contributed by atoms with Crippen molar-refractivity contribution >= 4 is 74.9 Å². The van der Waals surface area contributed by atoms with E-state index in [1.54, 1.807) is 39.9 Å². The molecule has 5 N–H and O–H groups in total. The SMILES string of the molecule is CO/N=C(\C(=O)N[C@@H]1C(=O)N2C(C(=O)O)=C(Cn3ccc4n3cc[n+]4Cc3ccc(C(=O)NN4CCCC4)cc3F)CS[C@H]12)c1nc(N)sc1Cl. The van der Waals surface area contributed by atoms with E-state index in [0.29, 0.717) is 16.8 Å². The molecular weight excluding hydrogens is 727 g/mol. The molecule has 6 heterocycles. The van der Waals surface area contributed by atoms with Gasteiger partial charge in [0, 0.05) is 30.0 Å². The van der Waals surface area contributed by atoms with Gasteiger partial charge in [-0.25, -0.2) is 28.4 Å². The Hall–Kier alpha value is -4.98. The van der Waals surface area contributed by atoms with Gasteiger partial charge in [-0.3, -0.25) is 24.7 Å². The highest BCUT2D eigenvalue weighted by molar-refractivity contribution is 8.00. The molecule has 3 aliphatic heterocycles. The fourth-order valence-electron chi connectivity index (χ4n) is 6.30. The summed E-state index contributed by atoms with van der Waals surface area (Å²) >= 11 is 8.42. The minimum Gasteiger partial charge on any atom is -0.477 e. The van der Waals surface area contributed by atoms with E-state index in [9.17, 15) is 24.3 Å². The fraction of sp³-hybridized carbons (Fsp3) is 0.323. The van der Waals surface area contributed by atoms with Crippen LogP contribution in [0.15, 0.2) is 59.3 Å². The van der Waals surface area contributed by atoms with Gasteiger partial charge < -0.3 is 21.0 Å². The number of carboxylic acids is 1. The van der Waals surface area contributed by atoms with Crippen molar-refractivity contribution in [2.75, 3.05) is 31.7 Å². The second-order valence-electron chi connectivity index (χ2n) is 11.9. The molecule has 16 nitrogen and oxygen atoms in total. The Morgan fingerprint density at radius 2 is 2.02 bits per heavy atom. The number of thioether (sulfide) groups is 1. The third-order valence-electron chi connectivity index (χ3n) is 8.72. The lowest BCUT2D eigenvalue weighted by molar-refractivity contribution is -0.662. The van der Waals surface area contributed by atoms with E-state index < -0.39 is 35.0 Å². The number of hydrogen-bond donors (Lipinski definition) is 4. The van der Waals surface area contributed by atoms with Crippen LogP contribution in [0.5, 0.6) is 0 Å². The summed E-state index contributed by atoms with van der Waals surface area (Å²) in [6, 6.07) is 5.21. The lowest BCUT2D eigenvalue weighted by Gasteiger charge is -2.49. The number of nitrogens with zero attached hydrogens (tertiary/aromatic N) is 7. The third-order valence-corrected chi connectivity index (χ3v) is 11.1.